The van der Waals surface area contributed by atoms with E-state index in [1.54, 1.807) is 16.8 Å². The van der Waals surface area contributed by atoms with Crippen molar-refractivity contribution in [1.82, 2.24) is 4.57 Å². The quantitative estimate of drug-likeness (QED) is 0.825. The van der Waals surface area contributed by atoms with Crippen LogP contribution in [0.2, 0.25) is 0 Å². The summed E-state index contributed by atoms with van der Waals surface area (Å²) in [7, 11) is 3.26. The van der Waals surface area contributed by atoms with Crippen LogP contribution < -0.4 is 15.9 Å². The number of aryl methyl sites for hydroxylation is 1. The number of aromatic nitrogens is 1. The number of hydrogen-bond acceptors (Lipinski definition) is 3. The summed E-state index contributed by atoms with van der Waals surface area (Å²) in [5.74, 6) is -0.249. The fraction of sp³-hybridized carbons (Fsp3) is 0.167. The second kappa shape index (κ2) is 3.93. The van der Waals surface area contributed by atoms with Crippen molar-refractivity contribution in [1.29, 1.82) is 0 Å². The van der Waals surface area contributed by atoms with Crippen LogP contribution in [0.15, 0.2) is 29.2 Å². The topological polar surface area (TPSA) is 74.3 Å². The summed E-state index contributed by atoms with van der Waals surface area (Å²) in [6.45, 7) is 0. The van der Waals surface area contributed by atoms with Crippen LogP contribution in [0, 0.1) is 0 Å². The number of carbonyl (C=O) groups is 1. The number of amides is 1. The number of primary amides is 1. The Bertz CT molecular complexity index is 659. The highest BCUT2D eigenvalue weighted by atomic mass is 16.5. The van der Waals surface area contributed by atoms with Gasteiger partial charge in [0.25, 0.3) is 5.91 Å². The van der Waals surface area contributed by atoms with Crippen LogP contribution >= 0.6 is 0 Å². The minimum absolute atomic E-state index is 0.150. The van der Waals surface area contributed by atoms with E-state index >= 15 is 0 Å². The molecule has 1 aromatic carbocycles. The largest absolute Gasteiger partial charge is 0.496 e. The minimum Gasteiger partial charge on any atom is -0.496 e. The van der Waals surface area contributed by atoms with E-state index in [-0.39, 0.29) is 11.0 Å². The number of nitrogens with two attached hydrogens (primary N) is 1. The molecule has 0 aliphatic heterocycles. The molecular weight excluding hydrogens is 220 g/mol. The number of rotatable bonds is 2. The molecule has 0 unspecified atom stereocenters. The Balaban J connectivity index is 2.92. The highest BCUT2D eigenvalue weighted by molar-refractivity contribution is 6.00. The summed E-state index contributed by atoms with van der Waals surface area (Å²) >= 11 is 0. The Morgan fingerprint density at radius 2 is 2.12 bits per heavy atom. The van der Waals surface area contributed by atoms with Crippen LogP contribution in [0.5, 0.6) is 5.75 Å². The van der Waals surface area contributed by atoms with Crippen molar-refractivity contribution in [2.75, 3.05) is 7.11 Å². The van der Waals surface area contributed by atoms with Gasteiger partial charge in [0.05, 0.1) is 18.2 Å². The first-order chi connectivity index (χ1) is 8.04. The lowest BCUT2D eigenvalue weighted by Crippen LogP contribution is -2.14. The number of nitrogens with zero attached hydrogens (tertiary/aromatic N) is 1. The Morgan fingerprint density at radius 1 is 1.41 bits per heavy atom. The van der Waals surface area contributed by atoms with E-state index in [0.717, 1.165) is 0 Å². The van der Waals surface area contributed by atoms with Gasteiger partial charge in [0.15, 0.2) is 5.43 Å². The molecule has 0 fully saturated rings. The zero-order valence-electron chi connectivity index (χ0n) is 9.56. The van der Waals surface area contributed by atoms with Gasteiger partial charge in [-0.05, 0) is 6.07 Å². The summed E-state index contributed by atoms with van der Waals surface area (Å²) in [6, 6.07) is 4.55. The molecule has 1 heterocycles. The SMILES string of the molecule is COc1cc2c(cc1C(N)=O)c(=O)ccn2C. The van der Waals surface area contributed by atoms with Gasteiger partial charge in [-0.3, -0.25) is 9.59 Å². The van der Waals surface area contributed by atoms with E-state index in [4.69, 9.17) is 10.5 Å². The summed E-state index contributed by atoms with van der Waals surface area (Å²) in [4.78, 5) is 23.0. The average Bonchev–Trinajstić information content (AvgIpc) is 2.32. The third-order valence-electron chi connectivity index (χ3n) is 2.68. The lowest BCUT2D eigenvalue weighted by Gasteiger charge is -2.10. The van der Waals surface area contributed by atoms with Crippen molar-refractivity contribution in [3.05, 3.63) is 40.2 Å². The zero-order chi connectivity index (χ0) is 12.6. The number of methoxy groups -OCH3 is 1. The number of fused-ring (bicyclic) bond motifs is 1. The standard InChI is InChI=1S/C12H12N2O3/c1-14-4-3-10(15)7-5-8(12(13)16)11(17-2)6-9(7)14/h3-6H,1-2H3,(H2,13,16). The van der Waals surface area contributed by atoms with E-state index in [2.05, 4.69) is 0 Å². The molecule has 0 saturated heterocycles. The molecule has 0 aliphatic rings. The van der Waals surface area contributed by atoms with Gasteiger partial charge < -0.3 is 15.0 Å². The van der Waals surface area contributed by atoms with Crippen molar-refractivity contribution in [3.63, 3.8) is 0 Å². The van der Waals surface area contributed by atoms with Crippen LogP contribution in [-0.4, -0.2) is 17.6 Å². The van der Waals surface area contributed by atoms with Crippen LogP contribution in [0.1, 0.15) is 10.4 Å². The molecule has 2 aromatic rings. The van der Waals surface area contributed by atoms with Gasteiger partial charge in [0.1, 0.15) is 5.75 Å². The molecule has 0 bridgehead atoms. The average molecular weight is 232 g/mol. The smallest absolute Gasteiger partial charge is 0.252 e. The van der Waals surface area contributed by atoms with Gasteiger partial charge in [-0.2, -0.15) is 0 Å². The molecule has 5 heteroatoms. The van der Waals surface area contributed by atoms with Crippen molar-refractivity contribution in [2.24, 2.45) is 12.8 Å². The summed E-state index contributed by atoms with van der Waals surface area (Å²) in [6.07, 6.45) is 1.66. The van der Waals surface area contributed by atoms with E-state index in [1.165, 1.54) is 19.2 Å². The van der Waals surface area contributed by atoms with Gasteiger partial charge in [-0.1, -0.05) is 0 Å². The minimum atomic E-state index is -0.616. The number of hydrogen-bond donors (Lipinski definition) is 1. The second-order valence-corrected chi connectivity index (χ2v) is 3.72. The lowest BCUT2D eigenvalue weighted by molar-refractivity contribution is 0.0997. The van der Waals surface area contributed by atoms with Gasteiger partial charge in [-0.25, -0.2) is 0 Å². The molecule has 5 nitrogen and oxygen atoms in total. The van der Waals surface area contributed by atoms with E-state index in [9.17, 15) is 9.59 Å². The fourth-order valence-corrected chi connectivity index (χ4v) is 1.77. The first-order valence-corrected chi connectivity index (χ1v) is 5.02. The lowest BCUT2D eigenvalue weighted by atomic mass is 10.1. The van der Waals surface area contributed by atoms with Gasteiger partial charge in [0.2, 0.25) is 0 Å². The predicted molar refractivity (Wildman–Crippen MR) is 64.3 cm³/mol. The molecule has 88 valence electrons. The molecule has 1 aromatic heterocycles. The monoisotopic (exact) mass is 232 g/mol. The molecule has 1 amide bonds. The maximum Gasteiger partial charge on any atom is 0.252 e. The molecule has 0 saturated carbocycles. The molecule has 0 aliphatic carbocycles. The Morgan fingerprint density at radius 3 is 2.71 bits per heavy atom. The van der Waals surface area contributed by atoms with Crippen LogP contribution in [0.4, 0.5) is 0 Å². The Kier molecular flexibility index (Phi) is 2.59. The van der Waals surface area contributed by atoms with Crippen molar-refractivity contribution in [3.8, 4) is 5.75 Å². The predicted octanol–water partition coefficient (Wildman–Crippen LogP) is 0.646. The number of carbonyl (C=O) groups excluding carboxylic acids is 1. The highest BCUT2D eigenvalue weighted by Gasteiger charge is 2.12. The van der Waals surface area contributed by atoms with E-state index < -0.39 is 5.91 Å². The third kappa shape index (κ3) is 1.75. The Labute approximate surface area is 97.4 Å². The Hall–Kier alpha value is -2.30. The van der Waals surface area contributed by atoms with Crippen molar-refractivity contribution in [2.45, 2.75) is 0 Å². The first kappa shape index (κ1) is 11.2. The van der Waals surface area contributed by atoms with Gasteiger partial charge in [0, 0.05) is 30.8 Å². The van der Waals surface area contributed by atoms with E-state index in [1.807, 2.05) is 7.05 Å². The zero-order valence-corrected chi connectivity index (χ0v) is 9.56. The second-order valence-electron chi connectivity index (χ2n) is 3.72. The van der Waals surface area contributed by atoms with E-state index in [0.29, 0.717) is 16.7 Å². The van der Waals surface area contributed by atoms with Crippen LogP contribution in [0.3, 0.4) is 0 Å². The number of benzene rings is 1. The molecular formula is C12H12N2O3. The number of pyridine rings is 1. The molecule has 17 heavy (non-hydrogen) atoms. The molecule has 2 N–H and O–H groups in total. The summed E-state index contributed by atoms with van der Waals surface area (Å²) in [5, 5.41) is 0.449. The van der Waals surface area contributed by atoms with Crippen molar-refractivity contribution < 1.29 is 9.53 Å². The van der Waals surface area contributed by atoms with Gasteiger partial charge in [-0.15, -0.1) is 0 Å². The molecule has 0 spiro atoms. The fourth-order valence-electron chi connectivity index (χ4n) is 1.77. The molecule has 0 radical (unpaired) electrons. The van der Waals surface area contributed by atoms with Crippen LogP contribution in [0.25, 0.3) is 10.9 Å². The first-order valence-electron chi connectivity index (χ1n) is 5.02. The maximum absolute atomic E-state index is 11.7. The van der Waals surface area contributed by atoms with Crippen LogP contribution in [-0.2, 0) is 7.05 Å². The third-order valence-corrected chi connectivity index (χ3v) is 2.68. The molecule has 2 rings (SSSR count). The van der Waals surface area contributed by atoms with Gasteiger partial charge >= 0.3 is 0 Å². The molecule has 0 atom stereocenters. The number of ether oxygens (including phenoxy) is 1. The summed E-state index contributed by atoms with van der Waals surface area (Å²) in [5.41, 5.74) is 6.00. The normalized spacial score (nSPS) is 10.5. The summed E-state index contributed by atoms with van der Waals surface area (Å²) < 4.78 is 6.88. The van der Waals surface area contributed by atoms with Crippen molar-refractivity contribution >= 4 is 16.8 Å². The highest BCUT2D eigenvalue weighted by Crippen LogP contribution is 2.23. The maximum atomic E-state index is 11.7.